The van der Waals surface area contributed by atoms with E-state index in [1.54, 1.807) is 17.4 Å². The molecule has 0 aliphatic heterocycles. The van der Waals surface area contributed by atoms with E-state index in [2.05, 4.69) is 166 Å². The number of allylic oxidation sites excluding steroid dienone is 5. The maximum absolute atomic E-state index is 6.51. The van der Waals surface area contributed by atoms with Gasteiger partial charge in [0.25, 0.3) is 0 Å². The fourth-order valence-electron chi connectivity index (χ4n) is 8.79. The van der Waals surface area contributed by atoms with Crippen LogP contribution in [-0.4, -0.2) is 27.4 Å². The molecule has 0 radical (unpaired) electrons. The van der Waals surface area contributed by atoms with Crippen LogP contribution < -0.4 is 0 Å². The quantitative estimate of drug-likeness (QED) is 0.0655. The second kappa shape index (κ2) is 24.5. The number of thiophene rings is 1. The number of fused-ring (bicyclic) bond motifs is 4. The number of furan rings is 1. The van der Waals surface area contributed by atoms with Crippen molar-refractivity contribution in [3.63, 3.8) is 0 Å². The lowest BCUT2D eigenvalue weighted by Crippen LogP contribution is -2.04. The standard InChI is InChI=1S/C56H37N5OS.C8H14.C3H6/c1-57-52-44-26-11-12-28-47(44)62-53(52)51(43-25-14-24-41(33-43)37-17-5-2-6-18-37)58-35-36-16-13-23-40(32-36)42-30-31-45-49(34-42)63-48-29-15-27-46(50(45)48)56-60-54(38-19-7-3-8-20-38)59-55(61-56)39-21-9-4-10-22-39;1-3-5-7-8-6-4-2;1-3-2/h2-34H,1,35H2;3-6H,7-8H2,1-2H3;3H,1H2,2H3/b;5-3-,6-4-;. The summed E-state index contributed by atoms with van der Waals surface area (Å²) in [5.41, 5.74) is 11.5. The average Bonchev–Trinajstić information content (AvgIpc) is 4.04. The number of aromatic nitrogens is 3. The van der Waals surface area contributed by atoms with Crippen LogP contribution in [0.2, 0.25) is 0 Å². The summed E-state index contributed by atoms with van der Waals surface area (Å²) in [5.74, 6) is 2.54. The first kappa shape index (κ1) is 50.0. The average molecular weight is 980 g/mol. The molecular weight excluding hydrogens is 923 g/mol. The third-order valence-electron chi connectivity index (χ3n) is 12.3. The van der Waals surface area contributed by atoms with E-state index in [0.717, 1.165) is 77.5 Å². The summed E-state index contributed by atoms with van der Waals surface area (Å²) in [7, 11) is 0. The van der Waals surface area contributed by atoms with Crippen LogP contribution in [0.25, 0.3) is 87.6 Å². The monoisotopic (exact) mass is 979 g/mol. The van der Waals surface area contributed by atoms with E-state index in [1.165, 1.54) is 22.2 Å². The normalized spacial score (nSPS) is 11.4. The molecule has 3 aromatic heterocycles. The smallest absolute Gasteiger partial charge is 0.179 e. The van der Waals surface area contributed by atoms with Crippen molar-refractivity contribution in [2.75, 3.05) is 0 Å². The lowest BCUT2D eigenvalue weighted by Gasteiger charge is -2.10. The Morgan fingerprint density at radius 1 is 0.527 bits per heavy atom. The van der Waals surface area contributed by atoms with Crippen molar-refractivity contribution in [1.82, 2.24) is 15.0 Å². The molecule has 11 aromatic rings. The molecule has 7 heteroatoms. The largest absolute Gasteiger partial charge is 0.452 e. The highest BCUT2D eigenvalue weighted by molar-refractivity contribution is 7.26. The fourth-order valence-corrected chi connectivity index (χ4v) is 9.96. The van der Waals surface area contributed by atoms with E-state index in [-0.39, 0.29) is 0 Å². The van der Waals surface area contributed by atoms with Crippen LogP contribution in [0.4, 0.5) is 5.69 Å². The van der Waals surface area contributed by atoms with Gasteiger partial charge in [-0.1, -0.05) is 194 Å². The highest BCUT2D eigenvalue weighted by atomic mass is 32.1. The Morgan fingerprint density at radius 3 is 1.73 bits per heavy atom. The molecule has 0 spiro atoms. The summed E-state index contributed by atoms with van der Waals surface area (Å²) in [6.45, 7) is 13.7. The number of rotatable bonds is 13. The maximum Gasteiger partial charge on any atom is 0.179 e. The first-order chi connectivity index (χ1) is 36.5. The molecule has 0 amide bonds. The van der Waals surface area contributed by atoms with Gasteiger partial charge in [-0.05, 0) is 105 Å². The van der Waals surface area contributed by atoms with Gasteiger partial charge >= 0.3 is 0 Å². The summed E-state index contributed by atoms with van der Waals surface area (Å²) in [4.78, 5) is 24.8. The number of para-hydroxylation sites is 1. The Kier molecular flexibility index (Phi) is 16.6. The van der Waals surface area contributed by atoms with E-state index in [9.17, 15) is 0 Å². The third kappa shape index (κ3) is 11.6. The molecule has 11 rings (SSSR count). The molecular formula is C67H57N5OS. The predicted octanol–water partition coefficient (Wildman–Crippen LogP) is 18.8. The maximum atomic E-state index is 6.51. The van der Waals surface area contributed by atoms with Gasteiger partial charge in [0.15, 0.2) is 23.2 Å². The summed E-state index contributed by atoms with van der Waals surface area (Å²) in [6, 6.07) is 68.7. The molecule has 6 nitrogen and oxygen atoms in total. The minimum atomic E-state index is 0.433. The molecule has 0 fully saturated rings. The molecule has 0 saturated heterocycles. The van der Waals surface area contributed by atoms with Crippen molar-refractivity contribution in [2.24, 2.45) is 9.98 Å². The van der Waals surface area contributed by atoms with Crippen molar-refractivity contribution in [3.05, 3.63) is 254 Å². The van der Waals surface area contributed by atoms with E-state index < -0.39 is 0 Å². The van der Waals surface area contributed by atoms with Crippen LogP contribution in [0, 0.1) is 0 Å². The van der Waals surface area contributed by atoms with Gasteiger partial charge in [-0.25, -0.2) is 15.0 Å². The summed E-state index contributed by atoms with van der Waals surface area (Å²) in [6.07, 6.45) is 12.6. The summed E-state index contributed by atoms with van der Waals surface area (Å²) >= 11 is 1.78. The summed E-state index contributed by atoms with van der Waals surface area (Å²) < 4.78 is 8.88. The Hall–Kier alpha value is -8.91. The molecule has 74 heavy (non-hydrogen) atoms. The number of hydrogen-bond acceptors (Lipinski definition) is 7. The highest BCUT2D eigenvalue weighted by Gasteiger charge is 2.21. The van der Waals surface area contributed by atoms with Crippen LogP contribution in [0.1, 0.15) is 50.5 Å². The molecule has 0 bridgehead atoms. The zero-order valence-electron chi connectivity index (χ0n) is 42.0. The van der Waals surface area contributed by atoms with E-state index in [0.29, 0.717) is 35.5 Å². The van der Waals surface area contributed by atoms with E-state index in [1.807, 2.05) is 97.9 Å². The van der Waals surface area contributed by atoms with Gasteiger partial charge in [0, 0.05) is 47.8 Å². The molecule has 0 unspecified atom stereocenters. The predicted molar refractivity (Wildman–Crippen MR) is 316 cm³/mol. The zero-order chi connectivity index (χ0) is 51.1. The van der Waals surface area contributed by atoms with Crippen molar-refractivity contribution in [1.29, 1.82) is 0 Å². The number of unbranched alkanes of at least 4 members (excludes halogenated alkanes) is 1. The zero-order valence-corrected chi connectivity index (χ0v) is 42.8. The van der Waals surface area contributed by atoms with E-state index >= 15 is 0 Å². The Labute approximate surface area is 438 Å². The van der Waals surface area contributed by atoms with Crippen molar-refractivity contribution >= 4 is 60.6 Å². The number of nitrogens with zero attached hydrogens (tertiary/aromatic N) is 5. The second-order valence-corrected chi connectivity index (χ2v) is 18.5. The molecule has 0 aliphatic carbocycles. The second-order valence-electron chi connectivity index (χ2n) is 17.4. The first-order valence-corrected chi connectivity index (χ1v) is 25.7. The first-order valence-electron chi connectivity index (χ1n) is 24.9. The molecule has 3 heterocycles. The third-order valence-corrected chi connectivity index (χ3v) is 13.4. The minimum Gasteiger partial charge on any atom is -0.452 e. The van der Waals surface area contributed by atoms with Gasteiger partial charge in [-0.2, -0.15) is 0 Å². The molecule has 0 aliphatic rings. The van der Waals surface area contributed by atoms with Crippen LogP contribution >= 0.6 is 11.3 Å². The van der Waals surface area contributed by atoms with Crippen LogP contribution in [0.5, 0.6) is 0 Å². The van der Waals surface area contributed by atoms with Gasteiger partial charge in [-0.3, -0.25) is 9.98 Å². The van der Waals surface area contributed by atoms with Crippen molar-refractivity contribution < 1.29 is 4.42 Å². The Bertz CT molecular complexity index is 3710. The lowest BCUT2D eigenvalue weighted by atomic mass is 9.99. The number of aliphatic imine (C=N–C) groups is 2. The SMILES string of the molecule is C/C=C\CC/C=C\C.C=CC.C=Nc1c(C(=NCc2cccc(-c3ccc4c(c3)sc3cccc(-c5nc(-c6ccccc6)nc(-c6ccccc6)n5)c34)c2)c2cccc(-c3ccccc3)c2)oc2ccccc12. The fraction of sp³-hybridized carbons (Fsp3) is 0.0896. The molecule has 0 atom stereocenters. The minimum absolute atomic E-state index is 0.433. The molecule has 0 N–H and O–H groups in total. The number of hydrogen-bond donors (Lipinski definition) is 0. The van der Waals surface area contributed by atoms with Crippen LogP contribution in [0.15, 0.2) is 252 Å². The van der Waals surface area contributed by atoms with Crippen LogP contribution in [-0.2, 0) is 6.54 Å². The van der Waals surface area contributed by atoms with E-state index in [4.69, 9.17) is 24.4 Å². The molecule has 8 aromatic carbocycles. The van der Waals surface area contributed by atoms with Crippen molar-refractivity contribution in [2.45, 2.75) is 40.2 Å². The van der Waals surface area contributed by atoms with Gasteiger partial charge < -0.3 is 4.42 Å². The van der Waals surface area contributed by atoms with Crippen LogP contribution in [0.3, 0.4) is 0 Å². The highest BCUT2D eigenvalue weighted by Crippen LogP contribution is 2.42. The lowest BCUT2D eigenvalue weighted by molar-refractivity contribution is 0.605. The Morgan fingerprint density at radius 2 is 1.08 bits per heavy atom. The van der Waals surface area contributed by atoms with Crippen molar-refractivity contribution in [3.8, 4) is 56.4 Å². The molecule has 0 saturated carbocycles. The van der Waals surface area contributed by atoms with Gasteiger partial charge in [0.2, 0.25) is 0 Å². The molecule has 362 valence electrons. The topological polar surface area (TPSA) is 76.5 Å². The van der Waals surface area contributed by atoms with Gasteiger partial charge in [0.05, 0.1) is 6.54 Å². The number of benzene rings is 8. The van der Waals surface area contributed by atoms with Gasteiger partial charge in [-0.15, -0.1) is 17.9 Å². The Balaban J connectivity index is 0.000000555. The van der Waals surface area contributed by atoms with Gasteiger partial charge in [0.1, 0.15) is 17.0 Å². The summed E-state index contributed by atoms with van der Waals surface area (Å²) in [5, 5.41) is 3.21.